The average Bonchev–Trinajstić information content (AvgIpc) is 3.22. The number of carboxylic acids is 1. The first-order chi connectivity index (χ1) is 9.51. The van der Waals surface area contributed by atoms with Crippen LogP contribution in [0, 0.1) is 5.92 Å². The van der Waals surface area contributed by atoms with Crippen molar-refractivity contribution < 1.29 is 24.5 Å². The number of ether oxygens (including phenoxy) is 1. The Labute approximate surface area is 118 Å². The van der Waals surface area contributed by atoms with E-state index in [9.17, 15) is 9.59 Å². The van der Waals surface area contributed by atoms with Gasteiger partial charge in [-0.2, -0.15) is 0 Å². The molecule has 2 unspecified atom stereocenters. The number of hydrogen-bond acceptors (Lipinski definition) is 4. The molecule has 1 aliphatic rings. The van der Waals surface area contributed by atoms with Crippen LogP contribution in [0.5, 0.6) is 0 Å². The number of hydrogen-bond donors (Lipinski definition) is 3. The molecule has 0 saturated heterocycles. The fraction of sp³-hybridized carbons (Fsp3) is 0.846. The van der Waals surface area contributed by atoms with Gasteiger partial charge in [0.25, 0.3) is 0 Å². The molecule has 3 N–H and O–H groups in total. The maximum Gasteiger partial charge on any atom is 0.326 e. The Bertz CT molecular complexity index is 333. The highest BCUT2D eigenvalue weighted by atomic mass is 16.5. The molecule has 1 saturated carbocycles. The van der Waals surface area contributed by atoms with E-state index in [1.165, 1.54) is 0 Å². The van der Waals surface area contributed by atoms with Crippen LogP contribution in [0.25, 0.3) is 0 Å². The maximum absolute atomic E-state index is 12.2. The molecule has 0 aromatic rings. The van der Waals surface area contributed by atoms with Gasteiger partial charge in [-0.25, -0.2) is 9.59 Å². The minimum Gasteiger partial charge on any atom is -0.480 e. The van der Waals surface area contributed by atoms with Gasteiger partial charge in [0.2, 0.25) is 0 Å². The van der Waals surface area contributed by atoms with Crippen LogP contribution >= 0.6 is 0 Å². The number of urea groups is 1. The van der Waals surface area contributed by atoms with Crippen molar-refractivity contribution in [2.45, 2.75) is 38.3 Å². The molecule has 0 spiro atoms. The number of carboxylic acid groups (broad SMARTS) is 1. The monoisotopic (exact) mass is 288 g/mol. The molecular weight excluding hydrogens is 264 g/mol. The van der Waals surface area contributed by atoms with E-state index in [1.807, 2.05) is 6.92 Å². The second kappa shape index (κ2) is 8.06. The molecule has 0 aliphatic heterocycles. The van der Waals surface area contributed by atoms with E-state index in [0.717, 1.165) is 12.8 Å². The summed E-state index contributed by atoms with van der Waals surface area (Å²) in [5, 5.41) is 20.3. The Morgan fingerprint density at radius 3 is 2.55 bits per heavy atom. The highest BCUT2D eigenvalue weighted by Gasteiger charge is 2.35. The topological polar surface area (TPSA) is 99.1 Å². The van der Waals surface area contributed by atoms with Gasteiger partial charge in [0.1, 0.15) is 6.04 Å². The van der Waals surface area contributed by atoms with Gasteiger partial charge in [0.15, 0.2) is 0 Å². The molecule has 0 aromatic heterocycles. The normalized spacial score (nSPS) is 17.4. The molecule has 20 heavy (non-hydrogen) atoms. The Morgan fingerprint density at radius 1 is 1.45 bits per heavy atom. The number of rotatable bonds is 9. The smallest absolute Gasteiger partial charge is 0.326 e. The van der Waals surface area contributed by atoms with Gasteiger partial charge in [-0.3, -0.25) is 0 Å². The number of methoxy groups -OCH3 is 1. The summed E-state index contributed by atoms with van der Waals surface area (Å²) in [7, 11) is 1.56. The first-order valence-corrected chi connectivity index (χ1v) is 6.91. The number of aliphatic hydroxyl groups excluding tert-OH is 1. The van der Waals surface area contributed by atoms with Gasteiger partial charge in [0, 0.05) is 32.7 Å². The molecule has 0 heterocycles. The molecule has 7 nitrogen and oxygen atoms in total. The number of aliphatic carboxylic acids is 1. The van der Waals surface area contributed by atoms with Crippen LogP contribution in [0.2, 0.25) is 0 Å². The number of aliphatic hydroxyl groups is 1. The van der Waals surface area contributed by atoms with Crippen molar-refractivity contribution in [3.8, 4) is 0 Å². The Kier molecular flexibility index (Phi) is 6.74. The van der Waals surface area contributed by atoms with Gasteiger partial charge in [0.05, 0.1) is 6.61 Å². The lowest BCUT2D eigenvalue weighted by molar-refractivity contribution is -0.139. The van der Waals surface area contributed by atoms with Gasteiger partial charge in [-0.15, -0.1) is 0 Å². The third-order valence-electron chi connectivity index (χ3n) is 3.61. The number of carbonyl (C=O) groups is 2. The number of nitrogens with zero attached hydrogens (tertiary/aromatic N) is 1. The summed E-state index contributed by atoms with van der Waals surface area (Å²) in [5.74, 6) is -0.656. The van der Waals surface area contributed by atoms with Crippen molar-refractivity contribution in [2.75, 3.05) is 26.9 Å². The van der Waals surface area contributed by atoms with E-state index in [1.54, 1.807) is 12.0 Å². The van der Waals surface area contributed by atoms with Crippen molar-refractivity contribution in [3.05, 3.63) is 0 Å². The van der Waals surface area contributed by atoms with Crippen LogP contribution < -0.4 is 5.32 Å². The molecule has 0 aromatic carbocycles. The van der Waals surface area contributed by atoms with E-state index in [-0.39, 0.29) is 19.1 Å². The van der Waals surface area contributed by atoms with Gasteiger partial charge < -0.3 is 25.2 Å². The van der Waals surface area contributed by atoms with Crippen LogP contribution in [0.15, 0.2) is 0 Å². The fourth-order valence-electron chi connectivity index (χ4n) is 2.13. The molecule has 2 atom stereocenters. The third-order valence-corrected chi connectivity index (χ3v) is 3.61. The van der Waals surface area contributed by atoms with Gasteiger partial charge in [-0.05, 0) is 25.7 Å². The molecule has 0 bridgehead atoms. The molecule has 0 radical (unpaired) electrons. The van der Waals surface area contributed by atoms with E-state index >= 15 is 0 Å². The fourth-order valence-corrected chi connectivity index (χ4v) is 2.13. The Balaban J connectivity index is 2.62. The molecule has 1 aliphatic carbocycles. The van der Waals surface area contributed by atoms with Crippen molar-refractivity contribution >= 4 is 12.0 Å². The summed E-state index contributed by atoms with van der Waals surface area (Å²) in [6.07, 6.45) is 2.19. The van der Waals surface area contributed by atoms with E-state index in [4.69, 9.17) is 14.9 Å². The zero-order chi connectivity index (χ0) is 15.1. The first kappa shape index (κ1) is 16.7. The lowest BCUT2D eigenvalue weighted by Crippen LogP contribution is -2.52. The molecule has 1 fully saturated rings. The summed E-state index contributed by atoms with van der Waals surface area (Å²) >= 11 is 0. The van der Waals surface area contributed by atoms with Crippen molar-refractivity contribution in [1.29, 1.82) is 0 Å². The Morgan fingerprint density at radius 2 is 2.10 bits per heavy atom. The molecule has 116 valence electrons. The van der Waals surface area contributed by atoms with Crippen LogP contribution in [0.4, 0.5) is 4.79 Å². The lowest BCUT2D eigenvalue weighted by atomic mass is 10.2. The summed E-state index contributed by atoms with van der Waals surface area (Å²) in [4.78, 5) is 24.9. The number of carbonyl (C=O) groups excluding carboxylic acids is 1. The van der Waals surface area contributed by atoms with Gasteiger partial charge >= 0.3 is 12.0 Å². The van der Waals surface area contributed by atoms with Gasteiger partial charge in [-0.1, -0.05) is 0 Å². The largest absolute Gasteiger partial charge is 0.480 e. The van der Waals surface area contributed by atoms with Crippen LogP contribution in [-0.4, -0.2) is 66.1 Å². The van der Waals surface area contributed by atoms with Crippen LogP contribution in [-0.2, 0) is 9.53 Å². The molecule has 2 amide bonds. The van der Waals surface area contributed by atoms with Crippen LogP contribution in [0.3, 0.4) is 0 Å². The summed E-state index contributed by atoms with van der Waals surface area (Å²) < 4.78 is 4.99. The zero-order valence-electron chi connectivity index (χ0n) is 12.0. The first-order valence-electron chi connectivity index (χ1n) is 6.91. The average molecular weight is 288 g/mol. The standard InChI is InChI=1S/C13H24N2O5/c1-9(10-3-4-10)15(6-8-20-2)13(19)14-11(5-7-16)12(17)18/h9-11,16H,3-8H2,1-2H3,(H,14,19)(H,17,18). The second-order valence-electron chi connectivity index (χ2n) is 5.12. The zero-order valence-corrected chi connectivity index (χ0v) is 12.0. The third kappa shape index (κ3) is 4.97. The quantitative estimate of drug-likeness (QED) is 0.566. The Hall–Kier alpha value is -1.34. The number of amides is 2. The van der Waals surface area contributed by atoms with E-state index in [2.05, 4.69) is 5.32 Å². The minimum absolute atomic E-state index is 0.00298. The SMILES string of the molecule is COCCN(C(=O)NC(CCO)C(=O)O)C(C)C1CC1. The highest BCUT2D eigenvalue weighted by molar-refractivity contribution is 5.82. The van der Waals surface area contributed by atoms with Crippen molar-refractivity contribution in [1.82, 2.24) is 10.2 Å². The van der Waals surface area contributed by atoms with E-state index < -0.39 is 18.0 Å². The predicted molar refractivity (Wildman–Crippen MR) is 72.4 cm³/mol. The second-order valence-corrected chi connectivity index (χ2v) is 5.12. The molecule has 1 rings (SSSR count). The number of nitrogens with one attached hydrogen (secondary N) is 1. The van der Waals surface area contributed by atoms with Crippen molar-refractivity contribution in [2.24, 2.45) is 5.92 Å². The summed E-state index contributed by atoms with van der Waals surface area (Å²) in [6.45, 7) is 2.51. The van der Waals surface area contributed by atoms with E-state index in [0.29, 0.717) is 19.1 Å². The predicted octanol–water partition coefficient (Wildman–Crippen LogP) is 0.279. The lowest BCUT2D eigenvalue weighted by Gasteiger charge is -2.30. The minimum atomic E-state index is -1.14. The molecular formula is C13H24N2O5. The highest BCUT2D eigenvalue weighted by Crippen LogP contribution is 2.35. The van der Waals surface area contributed by atoms with Crippen LogP contribution in [0.1, 0.15) is 26.2 Å². The summed E-state index contributed by atoms with van der Waals surface area (Å²) in [5.41, 5.74) is 0. The summed E-state index contributed by atoms with van der Waals surface area (Å²) in [6, 6.07) is -1.42. The maximum atomic E-state index is 12.2. The van der Waals surface area contributed by atoms with Crippen molar-refractivity contribution in [3.63, 3.8) is 0 Å². The molecule has 7 heteroatoms.